The van der Waals surface area contributed by atoms with Crippen LogP contribution in [0.15, 0.2) is 215 Å². The van der Waals surface area contributed by atoms with E-state index in [0.29, 0.717) is 112 Å². The molecule has 15 rings (SSSR count). The van der Waals surface area contributed by atoms with Gasteiger partial charge in [0, 0.05) is 72.2 Å². The van der Waals surface area contributed by atoms with Crippen LogP contribution in [-0.4, -0.2) is 95.9 Å². The van der Waals surface area contributed by atoms with Gasteiger partial charge < -0.3 is 52.4 Å². The van der Waals surface area contributed by atoms with Crippen LogP contribution in [0.5, 0.6) is 0 Å². The van der Waals surface area contributed by atoms with Gasteiger partial charge >= 0.3 is 126 Å². The summed E-state index contributed by atoms with van der Waals surface area (Å²) < 4.78 is 180. The fourth-order valence-electron chi connectivity index (χ4n) is 12.8. The molecule has 12 aromatic rings. The van der Waals surface area contributed by atoms with E-state index in [4.69, 9.17) is 11.6 Å². The van der Waals surface area contributed by atoms with Gasteiger partial charge in [-0.15, -0.1) is 0 Å². The van der Waals surface area contributed by atoms with Gasteiger partial charge in [0.2, 0.25) is 0 Å². The largest absolute Gasteiger partial charge is 1.00 e. The monoisotopic (exact) mass is 1580 g/mol. The Labute approximate surface area is 710 Å². The smallest absolute Gasteiger partial charge is 0.744 e. The molecular weight excluding hydrogens is 1540 g/mol. The fraction of sp³-hybridized carbons (Fsp3) is 0.0571. The van der Waals surface area contributed by atoms with E-state index in [9.17, 15) is 93.6 Å². The number of halogens is 1. The quantitative estimate of drug-likeness (QED) is 0.0801. The van der Waals surface area contributed by atoms with Crippen molar-refractivity contribution in [2.24, 2.45) is 21.1 Å². The van der Waals surface area contributed by atoms with Crippen LogP contribution in [-0.2, 0) is 71.7 Å². The summed E-state index contributed by atoms with van der Waals surface area (Å²) in [6.07, 6.45) is 0. The van der Waals surface area contributed by atoms with Crippen molar-refractivity contribution in [2.75, 3.05) is 16.0 Å². The molecule has 522 valence electrons. The van der Waals surface area contributed by atoms with Gasteiger partial charge in [-0.25, -0.2) is 42.1 Å². The Morgan fingerprint density at radius 2 is 0.602 bits per heavy atom. The number of carbonyl (C=O) groups is 3. The summed E-state index contributed by atoms with van der Waals surface area (Å²) in [7, 11) is -20.8. The number of carbonyl (C=O) groups excluding carboxylic acids is 3. The maximum atomic E-state index is 13.6. The van der Waals surface area contributed by atoms with Gasteiger partial charge in [-0.05, 0) is 125 Å². The predicted octanol–water partition coefficient (Wildman–Crippen LogP) is -6.02. The van der Waals surface area contributed by atoms with E-state index in [1.807, 2.05) is 0 Å². The second kappa shape index (κ2) is 32.0. The van der Waals surface area contributed by atoms with Gasteiger partial charge in [-0.2, -0.15) is 0 Å². The number of nitrogens with zero attached hydrogens (tertiary/aromatic N) is 3. The first-order chi connectivity index (χ1) is 48.3. The number of aromatic nitrogens is 3. The first kappa shape index (κ1) is 86.6. The summed E-state index contributed by atoms with van der Waals surface area (Å²) in [5.41, 5.74) is 6.22. The number of fused-ring (bicyclic) bond motifs is 6. The number of nitrogens with one attached hydrogen (secondary N) is 3. The average Bonchev–Trinajstić information content (AvgIpc) is 0.729. The van der Waals surface area contributed by atoms with Gasteiger partial charge in [-0.3, -0.25) is 28.8 Å². The summed E-state index contributed by atoms with van der Waals surface area (Å²) in [4.78, 5) is 74.0. The van der Waals surface area contributed by atoms with Crippen LogP contribution in [0, 0.1) is 6.92 Å². The molecule has 3 aliphatic rings. The Balaban J connectivity index is 0.000000200. The third kappa shape index (κ3) is 15.9. The zero-order valence-corrected chi connectivity index (χ0v) is 68.9. The maximum absolute atomic E-state index is 13.6. The number of rotatable bonds is 11. The van der Waals surface area contributed by atoms with Crippen LogP contribution in [0.25, 0.3) is 66.1 Å². The molecule has 3 heterocycles. The predicted molar refractivity (Wildman–Crippen MR) is 373 cm³/mol. The summed E-state index contributed by atoms with van der Waals surface area (Å²) in [5.74, 6) is -1.08. The van der Waals surface area contributed by atoms with Crippen LogP contribution >= 0.6 is 11.6 Å². The van der Waals surface area contributed by atoms with Crippen LogP contribution in [0.4, 0.5) is 34.1 Å². The molecule has 3 aliphatic carbocycles. The van der Waals surface area contributed by atoms with Crippen LogP contribution in [0.1, 0.15) is 53.3 Å². The van der Waals surface area contributed by atoms with Crippen molar-refractivity contribution in [1.29, 1.82) is 0 Å². The zero-order valence-electron chi connectivity index (χ0n) is 58.1. The zero-order chi connectivity index (χ0) is 74.2. The molecule has 108 heavy (non-hydrogen) atoms. The minimum Gasteiger partial charge on any atom is -0.744 e. The third-order valence-corrected chi connectivity index (χ3v) is 22.4. The van der Waals surface area contributed by atoms with Crippen molar-refractivity contribution in [1.82, 2.24) is 13.7 Å². The molecule has 0 saturated heterocycles. The molecule has 0 amide bonds. The standard InChI is InChI=1S/C24H18N2O5S.C23H15ClN2O8S2.C23H16N2O8S2.2Li.3Na/c1-13-7-8-17(20(11-13)32(29,30)31)25-18-9-10-19-22-16(12-21(27)26(19)2)14-5-3-4-6-15(14)24(28)23(18)22;1-26-17-7-6-15(25-16-9-14(24)18(35(29,30)31)10-19(16)36(32,33)34)22-21(17)13(8-20(26)27)11-4-2-3-5-12(11)23(22)28;1-25-18-9-8-17(24-16-7-6-12(34(28,29)30)10-19(16)35(31,32)33)22-21(18)15(11-20(25)26)13-4-2-3-5-14(13)23(22)27;;;;;/h3-12,25H,1-2H3,(H,29,30,31);2-10,25H,1H3,(H,29,30,31)(H,32,33,34);2-11,24H,1H3,(H,28,29,30)(H,31,32,33);;;;;/q;;;5*+1/p-5. The van der Waals surface area contributed by atoms with E-state index in [1.165, 1.54) is 69.3 Å². The molecule has 9 aromatic carbocycles. The molecule has 3 N–H and O–H groups in total. The molecule has 0 fully saturated rings. The van der Waals surface area contributed by atoms with Crippen molar-refractivity contribution in [3.8, 4) is 33.4 Å². The minimum absolute atomic E-state index is 0. The number of pyridine rings is 3. The van der Waals surface area contributed by atoms with E-state index >= 15 is 0 Å². The number of benzene rings is 9. The van der Waals surface area contributed by atoms with E-state index in [2.05, 4.69) is 16.0 Å². The van der Waals surface area contributed by atoms with Crippen LogP contribution in [0.2, 0.25) is 5.02 Å². The van der Waals surface area contributed by atoms with E-state index in [0.717, 1.165) is 18.2 Å². The number of hydrogen-bond acceptors (Lipinski definition) is 24. The summed E-state index contributed by atoms with van der Waals surface area (Å²) in [5, 5.41) is 9.28. The molecule has 38 heteroatoms. The van der Waals surface area contributed by atoms with E-state index in [-0.39, 0.29) is 183 Å². The van der Waals surface area contributed by atoms with Gasteiger partial charge in [0.25, 0.3) is 16.7 Å². The summed E-state index contributed by atoms with van der Waals surface area (Å²) in [6.45, 7) is 1.69. The van der Waals surface area contributed by atoms with Crippen LogP contribution < -0.4 is 159 Å². The molecule has 0 bridgehead atoms. The average molecular weight is 1580 g/mol. The van der Waals surface area contributed by atoms with Crippen molar-refractivity contribution in [3.63, 3.8) is 0 Å². The number of ketones is 3. The third-order valence-electron chi connectivity index (χ3n) is 17.6. The molecule has 0 radical (unpaired) electrons. The second-order valence-electron chi connectivity index (χ2n) is 23.7. The second-order valence-corrected chi connectivity index (χ2v) is 30.9. The van der Waals surface area contributed by atoms with Crippen molar-refractivity contribution in [2.45, 2.75) is 31.4 Å². The Kier molecular flexibility index (Phi) is 25.7. The number of aryl methyl sites for hydroxylation is 4. The van der Waals surface area contributed by atoms with Crippen molar-refractivity contribution < 1.29 is 206 Å². The maximum Gasteiger partial charge on any atom is 1.00 e. The normalized spacial score (nSPS) is 12.3. The van der Waals surface area contributed by atoms with Crippen molar-refractivity contribution >= 4 is 146 Å². The van der Waals surface area contributed by atoms with E-state index < -0.39 is 97.3 Å². The van der Waals surface area contributed by atoms with Gasteiger partial charge in [0.1, 0.15) is 50.6 Å². The molecule has 0 atom stereocenters. The van der Waals surface area contributed by atoms with E-state index in [1.54, 1.807) is 118 Å². The number of hydrogen-bond donors (Lipinski definition) is 3. The topological polar surface area (TPSA) is 439 Å². The minimum atomic E-state index is -5.29. The fourth-order valence-corrected chi connectivity index (χ4v) is 16.5. The molecule has 3 aromatic heterocycles. The molecular formula is C70H44ClLi2N6Na3O21S5. The Bertz CT molecular complexity index is 6750. The number of anilines is 6. The van der Waals surface area contributed by atoms with Gasteiger partial charge in [0.05, 0.1) is 96.9 Å². The van der Waals surface area contributed by atoms with Gasteiger partial charge in [-0.1, -0.05) is 90.5 Å². The molecule has 27 nitrogen and oxygen atoms in total. The molecule has 0 saturated carbocycles. The Morgan fingerprint density at radius 3 is 0.926 bits per heavy atom. The van der Waals surface area contributed by atoms with Gasteiger partial charge in [0.15, 0.2) is 17.3 Å². The SMILES string of the molecule is Cc1ccc(Nc2ccc3c4c(cc(=O)n3C)-c3ccccc3C(=O)c24)c(S(=O)(=O)[O-])c1.Cn1c(=O)cc2c3c(c(Nc4cc(Cl)c(S(=O)(=O)[O-])cc4S(=O)(=O)[O-])ccc31)C(=O)c1ccccc1-2.Cn1c(=O)cc2c3c(c(Nc4ccc(S(=O)(=O)[O-])cc4S(=O)(=O)[O-])ccc31)C(=O)c1ccccc1-2.[Li+].[Li+].[Na+].[Na+].[Na+]. The first-order valence-corrected chi connectivity index (χ1v) is 37.4. The molecule has 0 unspecified atom stereocenters. The molecule has 0 aliphatic heterocycles. The Morgan fingerprint density at radius 1 is 0.315 bits per heavy atom. The summed E-state index contributed by atoms with van der Waals surface area (Å²) >= 11 is 5.92. The molecule has 0 spiro atoms. The summed E-state index contributed by atoms with van der Waals surface area (Å²) in [6, 6.07) is 42.0. The van der Waals surface area contributed by atoms with Crippen molar-refractivity contribution in [3.05, 3.63) is 251 Å². The van der Waals surface area contributed by atoms with Crippen LogP contribution in [0.3, 0.4) is 0 Å². The first-order valence-electron chi connectivity index (χ1n) is 29.9. The Hall–Kier alpha value is -6.95.